The highest BCUT2D eigenvalue weighted by atomic mass is 16.5. The molecule has 0 amide bonds. The fourth-order valence-electron chi connectivity index (χ4n) is 5.05. The maximum absolute atomic E-state index is 5.62. The number of likely N-dealkylation sites (N-methyl/N-ethyl adjacent to an activating group) is 1. The fraction of sp³-hybridized carbons (Fsp3) is 0.955. The Balaban J connectivity index is 1.53. The molecule has 0 bridgehead atoms. The Kier molecular flexibility index (Phi) is 9.49. The number of aliphatic imine (C=N–C) groups is 1. The third-order valence-electron chi connectivity index (χ3n) is 6.87. The topological polar surface area (TPSA) is 55.4 Å². The molecule has 0 spiro atoms. The second-order valence-electron chi connectivity index (χ2n) is 9.00. The minimum absolute atomic E-state index is 0.236. The molecule has 2 heterocycles. The van der Waals surface area contributed by atoms with Crippen molar-refractivity contribution in [1.29, 1.82) is 0 Å². The van der Waals surface area contributed by atoms with Crippen molar-refractivity contribution in [1.82, 2.24) is 25.3 Å². The summed E-state index contributed by atoms with van der Waals surface area (Å²) < 4.78 is 5.62. The molecule has 29 heavy (non-hydrogen) atoms. The number of guanidine groups is 1. The maximum Gasteiger partial charge on any atom is 0.191 e. The fourth-order valence-corrected chi connectivity index (χ4v) is 5.05. The average molecular weight is 409 g/mol. The molecule has 0 atom stereocenters. The van der Waals surface area contributed by atoms with Gasteiger partial charge in [0.2, 0.25) is 0 Å². The van der Waals surface area contributed by atoms with Crippen molar-refractivity contribution in [3.05, 3.63) is 0 Å². The van der Waals surface area contributed by atoms with E-state index in [2.05, 4.69) is 39.3 Å². The molecule has 1 saturated carbocycles. The van der Waals surface area contributed by atoms with Crippen LogP contribution in [-0.4, -0.2) is 112 Å². The number of hydrogen-bond acceptors (Lipinski definition) is 5. The first kappa shape index (κ1) is 22.8. The lowest BCUT2D eigenvalue weighted by Crippen LogP contribution is -2.56. The summed E-state index contributed by atoms with van der Waals surface area (Å²) in [5.74, 6) is 0.984. The predicted octanol–water partition coefficient (Wildman–Crippen LogP) is 1.21. The van der Waals surface area contributed by atoms with Crippen LogP contribution in [0.25, 0.3) is 0 Å². The van der Waals surface area contributed by atoms with Crippen LogP contribution in [0.1, 0.15) is 45.4 Å². The SMILES string of the molecule is CCNC(=NCC1(N2CCOCC2)CCCCC1)NCCN1CCCN(C)CC1. The zero-order valence-corrected chi connectivity index (χ0v) is 18.9. The molecule has 3 rings (SSSR count). The Morgan fingerprint density at radius 3 is 2.48 bits per heavy atom. The van der Waals surface area contributed by atoms with E-state index in [0.29, 0.717) is 0 Å². The molecule has 3 aliphatic rings. The van der Waals surface area contributed by atoms with Gasteiger partial charge in [-0.2, -0.15) is 0 Å². The summed E-state index contributed by atoms with van der Waals surface area (Å²) in [6.07, 6.45) is 7.86. The molecule has 168 valence electrons. The molecule has 1 aliphatic carbocycles. The van der Waals surface area contributed by atoms with E-state index in [0.717, 1.165) is 58.4 Å². The van der Waals surface area contributed by atoms with Gasteiger partial charge in [0.25, 0.3) is 0 Å². The Morgan fingerprint density at radius 1 is 0.931 bits per heavy atom. The molecule has 3 fully saturated rings. The Labute approximate surface area is 178 Å². The third kappa shape index (κ3) is 7.09. The number of hydrogen-bond donors (Lipinski definition) is 2. The van der Waals surface area contributed by atoms with Gasteiger partial charge in [-0.15, -0.1) is 0 Å². The number of rotatable bonds is 7. The monoisotopic (exact) mass is 408 g/mol. The predicted molar refractivity (Wildman–Crippen MR) is 121 cm³/mol. The molecule has 0 radical (unpaired) electrons. The van der Waals surface area contributed by atoms with E-state index in [-0.39, 0.29) is 5.54 Å². The number of nitrogens with zero attached hydrogens (tertiary/aromatic N) is 4. The standard InChI is InChI=1S/C22H44N6O/c1-3-23-21(24-10-13-27-12-7-11-26(2)14-15-27)25-20-22(8-5-4-6-9-22)28-16-18-29-19-17-28/h3-20H2,1-2H3,(H2,23,24,25). The van der Waals surface area contributed by atoms with Crippen LogP contribution in [-0.2, 0) is 4.74 Å². The minimum atomic E-state index is 0.236. The summed E-state index contributed by atoms with van der Waals surface area (Å²) in [5.41, 5.74) is 0.236. The highest BCUT2D eigenvalue weighted by Crippen LogP contribution is 2.34. The summed E-state index contributed by atoms with van der Waals surface area (Å²) in [6, 6.07) is 0. The van der Waals surface area contributed by atoms with Crippen LogP contribution < -0.4 is 10.6 Å². The van der Waals surface area contributed by atoms with Gasteiger partial charge >= 0.3 is 0 Å². The summed E-state index contributed by atoms with van der Waals surface area (Å²) >= 11 is 0. The lowest BCUT2D eigenvalue weighted by Gasteiger charge is -2.47. The summed E-state index contributed by atoms with van der Waals surface area (Å²) in [6.45, 7) is 14.6. The van der Waals surface area contributed by atoms with E-state index >= 15 is 0 Å². The highest BCUT2D eigenvalue weighted by Gasteiger charge is 2.38. The summed E-state index contributed by atoms with van der Waals surface area (Å²) in [4.78, 5) is 12.8. The van der Waals surface area contributed by atoms with Crippen molar-refractivity contribution >= 4 is 5.96 Å². The van der Waals surface area contributed by atoms with Gasteiger partial charge in [-0.3, -0.25) is 9.89 Å². The van der Waals surface area contributed by atoms with Crippen LogP contribution >= 0.6 is 0 Å². The van der Waals surface area contributed by atoms with Gasteiger partial charge in [-0.25, -0.2) is 0 Å². The van der Waals surface area contributed by atoms with Crippen molar-refractivity contribution in [2.45, 2.75) is 51.0 Å². The molecule has 0 aromatic carbocycles. The van der Waals surface area contributed by atoms with Crippen LogP contribution in [0.2, 0.25) is 0 Å². The quantitative estimate of drug-likeness (QED) is 0.488. The van der Waals surface area contributed by atoms with E-state index in [1.165, 1.54) is 64.7 Å². The third-order valence-corrected chi connectivity index (χ3v) is 6.87. The summed E-state index contributed by atoms with van der Waals surface area (Å²) in [7, 11) is 2.23. The largest absolute Gasteiger partial charge is 0.379 e. The number of nitrogens with one attached hydrogen (secondary N) is 2. The van der Waals surface area contributed by atoms with E-state index in [1.54, 1.807) is 0 Å². The van der Waals surface area contributed by atoms with Crippen LogP contribution in [0.4, 0.5) is 0 Å². The normalized spacial score (nSPS) is 25.5. The van der Waals surface area contributed by atoms with Crippen molar-refractivity contribution in [2.75, 3.05) is 85.7 Å². The van der Waals surface area contributed by atoms with Gasteiger partial charge in [-0.1, -0.05) is 19.3 Å². The van der Waals surface area contributed by atoms with E-state index < -0.39 is 0 Å². The minimum Gasteiger partial charge on any atom is -0.379 e. The van der Waals surface area contributed by atoms with Gasteiger partial charge in [0.05, 0.1) is 19.8 Å². The van der Waals surface area contributed by atoms with Crippen molar-refractivity contribution in [2.24, 2.45) is 4.99 Å². The van der Waals surface area contributed by atoms with Crippen LogP contribution in [0.3, 0.4) is 0 Å². The Bertz CT molecular complexity index is 488. The smallest absolute Gasteiger partial charge is 0.191 e. The van der Waals surface area contributed by atoms with E-state index in [1.807, 2.05) is 0 Å². The zero-order valence-electron chi connectivity index (χ0n) is 18.9. The molecule has 2 saturated heterocycles. The van der Waals surface area contributed by atoms with Gasteiger partial charge < -0.3 is 25.2 Å². The van der Waals surface area contributed by atoms with Gasteiger partial charge in [0.15, 0.2) is 5.96 Å². The Morgan fingerprint density at radius 2 is 1.72 bits per heavy atom. The second kappa shape index (κ2) is 12.1. The first-order valence-electron chi connectivity index (χ1n) is 12.0. The lowest BCUT2D eigenvalue weighted by molar-refractivity contribution is -0.0333. The van der Waals surface area contributed by atoms with Crippen LogP contribution in [0, 0.1) is 0 Å². The molecule has 7 nitrogen and oxygen atoms in total. The lowest BCUT2D eigenvalue weighted by atomic mass is 9.80. The van der Waals surface area contributed by atoms with Crippen molar-refractivity contribution in [3.8, 4) is 0 Å². The molecule has 2 N–H and O–H groups in total. The zero-order chi connectivity index (χ0) is 20.4. The number of ether oxygens (including phenoxy) is 1. The molecule has 7 heteroatoms. The first-order valence-corrected chi connectivity index (χ1v) is 12.0. The molecular weight excluding hydrogens is 364 g/mol. The van der Waals surface area contributed by atoms with Gasteiger partial charge in [-0.05, 0) is 46.3 Å². The van der Waals surface area contributed by atoms with Gasteiger partial charge in [0.1, 0.15) is 0 Å². The molecule has 0 aromatic rings. The molecule has 0 unspecified atom stereocenters. The molecule has 2 aliphatic heterocycles. The second-order valence-corrected chi connectivity index (χ2v) is 9.00. The van der Waals surface area contributed by atoms with E-state index in [4.69, 9.17) is 9.73 Å². The average Bonchev–Trinajstić information content (AvgIpc) is 2.97. The molecule has 0 aromatic heterocycles. The van der Waals surface area contributed by atoms with Crippen LogP contribution in [0.15, 0.2) is 4.99 Å². The van der Waals surface area contributed by atoms with Crippen molar-refractivity contribution in [3.63, 3.8) is 0 Å². The van der Waals surface area contributed by atoms with E-state index in [9.17, 15) is 0 Å². The van der Waals surface area contributed by atoms with Crippen molar-refractivity contribution < 1.29 is 4.74 Å². The summed E-state index contributed by atoms with van der Waals surface area (Å²) in [5, 5.41) is 7.07. The number of morpholine rings is 1. The Hall–Kier alpha value is -0.890. The molecular formula is C22H44N6O. The first-order chi connectivity index (χ1) is 14.2. The van der Waals surface area contributed by atoms with Gasteiger partial charge in [0, 0.05) is 51.4 Å². The van der Waals surface area contributed by atoms with Crippen LogP contribution in [0.5, 0.6) is 0 Å². The highest BCUT2D eigenvalue weighted by molar-refractivity contribution is 5.79. The maximum atomic E-state index is 5.62.